The summed E-state index contributed by atoms with van der Waals surface area (Å²) in [6, 6.07) is 3.43. The topological polar surface area (TPSA) is 50.1 Å². The zero-order valence-electron chi connectivity index (χ0n) is 14.0. The summed E-state index contributed by atoms with van der Waals surface area (Å²) in [6.07, 6.45) is 3.03. The fourth-order valence-electron chi connectivity index (χ4n) is 3.20. The van der Waals surface area contributed by atoms with Crippen molar-refractivity contribution in [3.63, 3.8) is 0 Å². The van der Waals surface area contributed by atoms with Crippen molar-refractivity contribution >= 4 is 34.0 Å². The predicted molar refractivity (Wildman–Crippen MR) is 104 cm³/mol. The Labute approximate surface area is 146 Å². The van der Waals surface area contributed by atoms with E-state index in [0.29, 0.717) is 11.4 Å². The molecule has 4 N–H and O–H groups in total. The van der Waals surface area contributed by atoms with E-state index < -0.39 is 0 Å². The van der Waals surface area contributed by atoms with Crippen LogP contribution in [0, 0.1) is 5.82 Å². The third-order valence-corrected chi connectivity index (χ3v) is 5.15. The SMILES string of the molecule is C=C1Nc2c(F)cc(N)c(C3=CCNCC3)c2-c2ccsc21.CC. The van der Waals surface area contributed by atoms with Gasteiger partial charge in [-0.05, 0) is 36.1 Å². The Hall–Kier alpha value is -2.11. The van der Waals surface area contributed by atoms with Crippen LogP contribution in [0.5, 0.6) is 0 Å². The highest BCUT2D eigenvalue weighted by Gasteiger charge is 2.28. The summed E-state index contributed by atoms with van der Waals surface area (Å²) in [4.78, 5) is 1.05. The Morgan fingerprint density at radius 3 is 2.79 bits per heavy atom. The van der Waals surface area contributed by atoms with Crippen molar-refractivity contribution in [3.8, 4) is 11.1 Å². The number of nitrogens with one attached hydrogen (secondary N) is 2. The third-order valence-electron chi connectivity index (χ3n) is 4.18. The molecule has 0 bridgehead atoms. The first-order chi connectivity index (χ1) is 11.7. The van der Waals surface area contributed by atoms with E-state index in [1.54, 1.807) is 11.3 Å². The van der Waals surface area contributed by atoms with Crippen molar-refractivity contribution < 1.29 is 4.39 Å². The number of nitrogens with two attached hydrogens (primary N) is 1. The molecule has 0 unspecified atom stereocenters. The normalized spacial score (nSPS) is 15.5. The number of fused-ring (bicyclic) bond motifs is 3. The highest BCUT2D eigenvalue weighted by molar-refractivity contribution is 7.11. The average Bonchev–Trinajstić information content (AvgIpc) is 3.09. The molecule has 2 aliphatic rings. The standard InChI is InChI=1S/C17H16FN3S.C2H6/c1-9-17-11(4-7-22-17)15-14(10-2-5-20-6-3-10)13(19)8-12(18)16(15)21-9;1-2/h2,4,7-8,20-21H,1,3,5-6,19H2;1-2H3. The van der Waals surface area contributed by atoms with Crippen LogP contribution >= 0.6 is 11.3 Å². The summed E-state index contributed by atoms with van der Waals surface area (Å²) in [6.45, 7) is 9.74. The van der Waals surface area contributed by atoms with Crippen molar-refractivity contribution in [2.45, 2.75) is 20.3 Å². The average molecular weight is 343 g/mol. The van der Waals surface area contributed by atoms with E-state index in [-0.39, 0.29) is 5.82 Å². The van der Waals surface area contributed by atoms with Crippen LogP contribution in [0.3, 0.4) is 0 Å². The molecule has 1 aromatic carbocycles. The molecule has 0 spiro atoms. The predicted octanol–water partition coefficient (Wildman–Crippen LogP) is 4.94. The van der Waals surface area contributed by atoms with E-state index in [1.165, 1.54) is 11.6 Å². The minimum atomic E-state index is -0.330. The Morgan fingerprint density at radius 1 is 1.29 bits per heavy atom. The highest BCUT2D eigenvalue weighted by Crippen LogP contribution is 2.49. The van der Waals surface area contributed by atoms with Crippen molar-refractivity contribution in [1.82, 2.24) is 5.32 Å². The molecule has 0 radical (unpaired) electrons. The van der Waals surface area contributed by atoms with E-state index in [1.807, 2.05) is 25.3 Å². The van der Waals surface area contributed by atoms with Crippen molar-refractivity contribution in [3.05, 3.63) is 46.4 Å². The molecule has 0 atom stereocenters. The van der Waals surface area contributed by atoms with Gasteiger partial charge in [0.1, 0.15) is 5.82 Å². The lowest BCUT2D eigenvalue weighted by molar-refractivity contribution is 0.632. The van der Waals surface area contributed by atoms with Crippen LogP contribution in [0.1, 0.15) is 30.7 Å². The molecule has 1 aromatic heterocycles. The van der Waals surface area contributed by atoms with Crippen LogP contribution in [0.25, 0.3) is 22.4 Å². The number of nitrogen functional groups attached to an aromatic ring is 1. The summed E-state index contributed by atoms with van der Waals surface area (Å²) in [7, 11) is 0. The molecule has 0 amide bonds. The number of halogens is 1. The largest absolute Gasteiger partial charge is 0.398 e. The maximum atomic E-state index is 14.4. The number of benzene rings is 1. The van der Waals surface area contributed by atoms with E-state index in [2.05, 4.69) is 23.3 Å². The molecule has 2 aliphatic heterocycles. The van der Waals surface area contributed by atoms with Gasteiger partial charge in [-0.1, -0.05) is 26.5 Å². The molecule has 0 saturated heterocycles. The maximum absolute atomic E-state index is 14.4. The monoisotopic (exact) mass is 343 g/mol. The van der Waals surface area contributed by atoms with E-state index >= 15 is 0 Å². The third kappa shape index (κ3) is 2.64. The molecule has 3 nitrogen and oxygen atoms in total. The van der Waals surface area contributed by atoms with E-state index in [4.69, 9.17) is 5.73 Å². The summed E-state index contributed by atoms with van der Waals surface area (Å²) in [5.41, 5.74) is 11.9. The Bertz CT molecular complexity index is 820. The maximum Gasteiger partial charge on any atom is 0.149 e. The fraction of sp³-hybridized carbons (Fsp3) is 0.263. The summed E-state index contributed by atoms with van der Waals surface area (Å²) >= 11 is 1.61. The zero-order valence-corrected chi connectivity index (χ0v) is 14.8. The molecule has 0 fully saturated rings. The van der Waals surface area contributed by atoms with Gasteiger partial charge < -0.3 is 16.4 Å². The number of hydrogen-bond donors (Lipinski definition) is 3. The Morgan fingerprint density at radius 2 is 2.08 bits per heavy atom. The summed E-state index contributed by atoms with van der Waals surface area (Å²) in [5.74, 6) is -0.330. The van der Waals surface area contributed by atoms with Crippen LogP contribution in [0.15, 0.2) is 30.2 Å². The van der Waals surface area contributed by atoms with Crippen LogP contribution in [-0.2, 0) is 0 Å². The summed E-state index contributed by atoms with van der Waals surface area (Å²) < 4.78 is 14.4. The van der Waals surface area contributed by atoms with Crippen molar-refractivity contribution in [2.24, 2.45) is 0 Å². The zero-order chi connectivity index (χ0) is 17.3. The van der Waals surface area contributed by atoms with E-state index in [0.717, 1.165) is 46.8 Å². The van der Waals surface area contributed by atoms with E-state index in [9.17, 15) is 4.39 Å². The van der Waals surface area contributed by atoms with Crippen LogP contribution in [0.2, 0.25) is 0 Å². The molecule has 0 aliphatic carbocycles. The first-order valence-electron chi connectivity index (χ1n) is 8.23. The fourth-order valence-corrected chi connectivity index (χ4v) is 4.03. The van der Waals surface area contributed by atoms with Gasteiger partial charge in [-0.2, -0.15) is 0 Å². The van der Waals surface area contributed by atoms with Gasteiger partial charge in [0.2, 0.25) is 0 Å². The van der Waals surface area contributed by atoms with Gasteiger partial charge in [0.15, 0.2) is 0 Å². The highest BCUT2D eigenvalue weighted by atomic mass is 32.1. The number of hydrogen-bond acceptors (Lipinski definition) is 4. The molecule has 24 heavy (non-hydrogen) atoms. The van der Waals surface area contributed by atoms with Gasteiger partial charge in [-0.25, -0.2) is 4.39 Å². The number of thiophene rings is 1. The smallest absolute Gasteiger partial charge is 0.149 e. The summed E-state index contributed by atoms with van der Waals surface area (Å²) in [5, 5.41) is 8.43. The molecule has 4 rings (SSSR count). The molecule has 3 heterocycles. The lowest BCUT2D eigenvalue weighted by atomic mass is 9.87. The van der Waals surface area contributed by atoms with Crippen LogP contribution < -0.4 is 16.4 Å². The second-order valence-corrected chi connectivity index (χ2v) is 6.44. The van der Waals surface area contributed by atoms with Crippen molar-refractivity contribution in [1.29, 1.82) is 0 Å². The molecule has 126 valence electrons. The van der Waals surface area contributed by atoms with Crippen molar-refractivity contribution in [2.75, 3.05) is 24.1 Å². The lowest BCUT2D eigenvalue weighted by Crippen LogP contribution is -2.21. The van der Waals surface area contributed by atoms with Gasteiger partial charge in [-0.15, -0.1) is 11.3 Å². The van der Waals surface area contributed by atoms with Gasteiger partial charge in [0.05, 0.1) is 10.6 Å². The van der Waals surface area contributed by atoms with Crippen LogP contribution in [-0.4, -0.2) is 13.1 Å². The van der Waals surface area contributed by atoms with Crippen LogP contribution in [0.4, 0.5) is 15.8 Å². The first-order valence-corrected chi connectivity index (χ1v) is 9.11. The lowest BCUT2D eigenvalue weighted by Gasteiger charge is -2.27. The minimum absolute atomic E-state index is 0.330. The first kappa shape index (κ1) is 16.7. The van der Waals surface area contributed by atoms with Gasteiger partial charge in [0.25, 0.3) is 0 Å². The number of anilines is 2. The van der Waals surface area contributed by atoms with Gasteiger partial charge >= 0.3 is 0 Å². The molecule has 0 saturated carbocycles. The Kier molecular flexibility index (Phi) is 4.73. The molecule has 2 aromatic rings. The molecule has 5 heteroatoms. The molecular weight excluding hydrogens is 321 g/mol. The minimum Gasteiger partial charge on any atom is -0.398 e. The second-order valence-electron chi connectivity index (χ2n) is 5.52. The Balaban J connectivity index is 0.000000815. The number of rotatable bonds is 1. The van der Waals surface area contributed by atoms with Gasteiger partial charge in [0, 0.05) is 34.6 Å². The van der Waals surface area contributed by atoms with Gasteiger partial charge in [-0.3, -0.25) is 0 Å². The quantitative estimate of drug-likeness (QED) is 0.643. The second kappa shape index (κ2) is 6.79. The molecular formula is C19H22FN3S.